The second kappa shape index (κ2) is 4.40. The van der Waals surface area contributed by atoms with Gasteiger partial charge in [0.1, 0.15) is 0 Å². The van der Waals surface area contributed by atoms with Crippen LogP contribution in [0.4, 0.5) is 17.2 Å². The number of benzene rings is 1. The van der Waals surface area contributed by atoms with Crippen molar-refractivity contribution in [2.24, 2.45) is 7.05 Å². The number of rotatable bonds is 3. The maximum atomic E-state index is 11.1. The number of nitrogen functional groups attached to an aromatic ring is 1. The molecular weight excluding hydrogens is 232 g/mol. The summed E-state index contributed by atoms with van der Waals surface area (Å²) in [6.45, 7) is 1.77. The van der Waals surface area contributed by atoms with Gasteiger partial charge in [0.05, 0.1) is 5.56 Å². The van der Waals surface area contributed by atoms with Crippen LogP contribution in [0.25, 0.3) is 0 Å². The molecule has 0 aliphatic rings. The Balaban J connectivity index is 2.37. The first-order chi connectivity index (χ1) is 8.47. The fourth-order valence-electron chi connectivity index (χ4n) is 1.68. The van der Waals surface area contributed by atoms with Crippen LogP contribution in [0.3, 0.4) is 0 Å². The van der Waals surface area contributed by atoms with E-state index in [0.29, 0.717) is 17.1 Å². The van der Waals surface area contributed by atoms with Gasteiger partial charge in [0.15, 0.2) is 5.82 Å². The fraction of sp³-hybridized carbons (Fsp3) is 0.167. The molecule has 94 valence electrons. The number of nitrogens with two attached hydrogens (primary N) is 1. The van der Waals surface area contributed by atoms with E-state index in [9.17, 15) is 4.79 Å². The number of anilines is 3. The van der Waals surface area contributed by atoms with E-state index in [0.717, 1.165) is 0 Å². The van der Waals surface area contributed by atoms with Crippen LogP contribution in [0, 0.1) is 6.92 Å². The fourth-order valence-corrected chi connectivity index (χ4v) is 1.68. The molecule has 6 heteroatoms. The maximum absolute atomic E-state index is 11.1. The Hall–Kier alpha value is -2.50. The van der Waals surface area contributed by atoms with Crippen LogP contribution >= 0.6 is 0 Å². The molecule has 0 saturated carbocycles. The molecule has 0 bridgehead atoms. The summed E-state index contributed by atoms with van der Waals surface area (Å²) in [5, 5.41) is 16.3. The van der Waals surface area contributed by atoms with Gasteiger partial charge >= 0.3 is 5.97 Å². The summed E-state index contributed by atoms with van der Waals surface area (Å²) < 4.78 is 1.66. The monoisotopic (exact) mass is 246 g/mol. The summed E-state index contributed by atoms with van der Waals surface area (Å²) in [4.78, 5) is 11.1. The van der Waals surface area contributed by atoms with Gasteiger partial charge in [-0.1, -0.05) is 0 Å². The van der Waals surface area contributed by atoms with Gasteiger partial charge in [-0.25, -0.2) is 4.79 Å². The summed E-state index contributed by atoms with van der Waals surface area (Å²) in [5.74, 6) is -0.390. The van der Waals surface area contributed by atoms with Gasteiger partial charge in [0, 0.05) is 30.7 Å². The molecule has 1 aromatic heterocycles. The van der Waals surface area contributed by atoms with Crippen LogP contribution in [0.2, 0.25) is 0 Å². The van der Waals surface area contributed by atoms with E-state index in [1.807, 2.05) is 7.05 Å². The van der Waals surface area contributed by atoms with Gasteiger partial charge in [0.2, 0.25) is 0 Å². The van der Waals surface area contributed by atoms with E-state index in [4.69, 9.17) is 10.8 Å². The number of nitrogens with zero attached hydrogens (tertiary/aromatic N) is 2. The minimum Gasteiger partial charge on any atom is -0.478 e. The number of nitrogens with one attached hydrogen (secondary N) is 1. The highest BCUT2D eigenvalue weighted by Gasteiger charge is 2.12. The van der Waals surface area contributed by atoms with Crippen molar-refractivity contribution < 1.29 is 9.90 Å². The number of aryl methyl sites for hydroxylation is 2. The maximum Gasteiger partial charge on any atom is 0.337 e. The average molecular weight is 246 g/mol. The summed E-state index contributed by atoms with van der Waals surface area (Å²) in [6.07, 6.45) is 1.80. The highest BCUT2D eigenvalue weighted by atomic mass is 16.4. The normalized spacial score (nSPS) is 10.3. The van der Waals surface area contributed by atoms with E-state index >= 15 is 0 Å². The SMILES string of the molecule is Cc1cc(Nc2ccn(C)n2)cc(C(=O)O)c1N. The lowest BCUT2D eigenvalue weighted by Crippen LogP contribution is -2.05. The molecule has 4 N–H and O–H groups in total. The van der Waals surface area contributed by atoms with Crippen LogP contribution in [-0.2, 0) is 7.05 Å². The van der Waals surface area contributed by atoms with Gasteiger partial charge in [-0.15, -0.1) is 0 Å². The molecule has 0 aliphatic carbocycles. The molecule has 0 aliphatic heterocycles. The molecule has 0 fully saturated rings. The number of hydrogen-bond acceptors (Lipinski definition) is 4. The number of carboxylic acids is 1. The predicted octanol–water partition coefficient (Wildman–Crippen LogP) is 1.75. The Morgan fingerprint density at radius 2 is 2.22 bits per heavy atom. The predicted molar refractivity (Wildman–Crippen MR) is 69.0 cm³/mol. The first kappa shape index (κ1) is 12.0. The van der Waals surface area contributed by atoms with Crippen molar-refractivity contribution in [3.63, 3.8) is 0 Å². The summed E-state index contributed by atoms with van der Waals surface area (Å²) in [7, 11) is 1.81. The van der Waals surface area contributed by atoms with Crippen LogP contribution < -0.4 is 11.1 Å². The number of carboxylic acid groups (broad SMARTS) is 1. The van der Waals surface area contributed by atoms with Crippen molar-refractivity contribution in [3.05, 3.63) is 35.5 Å². The second-order valence-corrected chi connectivity index (χ2v) is 4.06. The molecule has 0 spiro atoms. The van der Waals surface area contributed by atoms with Crippen molar-refractivity contribution >= 4 is 23.2 Å². The minimum absolute atomic E-state index is 0.0911. The van der Waals surface area contributed by atoms with Gasteiger partial charge < -0.3 is 16.2 Å². The van der Waals surface area contributed by atoms with E-state index in [2.05, 4.69) is 10.4 Å². The third-order valence-electron chi connectivity index (χ3n) is 2.60. The lowest BCUT2D eigenvalue weighted by Gasteiger charge is -2.09. The molecule has 2 rings (SSSR count). The molecule has 18 heavy (non-hydrogen) atoms. The highest BCUT2D eigenvalue weighted by molar-refractivity contribution is 5.96. The molecule has 6 nitrogen and oxygen atoms in total. The van der Waals surface area contributed by atoms with Crippen LogP contribution in [0.1, 0.15) is 15.9 Å². The first-order valence-electron chi connectivity index (χ1n) is 5.37. The summed E-state index contributed by atoms with van der Waals surface area (Å²) in [5.41, 5.74) is 7.47. The molecular formula is C12H14N4O2. The van der Waals surface area contributed by atoms with E-state index < -0.39 is 5.97 Å². The summed E-state index contributed by atoms with van der Waals surface area (Å²) in [6, 6.07) is 5.09. The number of aromatic carboxylic acids is 1. The summed E-state index contributed by atoms with van der Waals surface area (Å²) >= 11 is 0. The largest absolute Gasteiger partial charge is 0.478 e. The van der Waals surface area contributed by atoms with Gasteiger partial charge in [0.25, 0.3) is 0 Å². The number of hydrogen-bond donors (Lipinski definition) is 3. The first-order valence-corrected chi connectivity index (χ1v) is 5.37. The number of carbonyl (C=O) groups is 1. The standard InChI is InChI=1S/C12H14N4O2/c1-7-5-8(6-9(11(7)13)12(17)18)14-10-3-4-16(2)15-10/h3-6H,13H2,1-2H3,(H,14,15)(H,17,18). The molecule has 0 radical (unpaired) electrons. The van der Waals surface area contributed by atoms with E-state index in [-0.39, 0.29) is 11.3 Å². The van der Waals surface area contributed by atoms with Crippen molar-refractivity contribution in [1.29, 1.82) is 0 Å². The zero-order valence-electron chi connectivity index (χ0n) is 10.1. The smallest absolute Gasteiger partial charge is 0.337 e. The zero-order valence-corrected chi connectivity index (χ0v) is 10.1. The topological polar surface area (TPSA) is 93.2 Å². The van der Waals surface area contributed by atoms with E-state index in [1.54, 1.807) is 29.9 Å². The quantitative estimate of drug-likeness (QED) is 0.717. The highest BCUT2D eigenvalue weighted by Crippen LogP contribution is 2.24. The van der Waals surface area contributed by atoms with Crippen molar-refractivity contribution in [2.75, 3.05) is 11.1 Å². The molecule has 0 atom stereocenters. The van der Waals surface area contributed by atoms with Gasteiger partial charge in [-0.3, -0.25) is 4.68 Å². The number of aromatic nitrogens is 2. The van der Waals surface area contributed by atoms with E-state index in [1.165, 1.54) is 6.07 Å². The Kier molecular flexibility index (Phi) is 2.93. The van der Waals surface area contributed by atoms with Crippen LogP contribution in [-0.4, -0.2) is 20.9 Å². The molecule has 0 saturated heterocycles. The Bertz CT molecular complexity index is 604. The lowest BCUT2D eigenvalue weighted by atomic mass is 10.1. The van der Waals surface area contributed by atoms with Crippen LogP contribution in [0.15, 0.2) is 24.4 Å². The van der Waals surface area contributed by atoms with Gasteiger partial charge in [-0.05, 0) is 24.6 Å². The molecule has 0 amide bonds. The zero-order chi connectivity index (χ0) is 13.3. The van der Waals surface area contributed by atoms with Crippen molar-refractivity contribution in [1.82, 2.24) is 9.78 Å². The Labute approximate surface area is 104 Å². The van der Waals surface area contributed by atoms with Gasteiger partial charge in [-0.2, -0.15) is 5.10 Å². The molecule has 1 heterocycles. The molecule has 2 aromatic rings. The van der Waals surface area contributed by atoms with Crippen molar-refractivity contribution in [3.8, 4) is 0 Å². The third kappa shape index (κ3) is 2.27. The minimum atomic E-state index is -1.04. The lowest BCUT2D eigenvalue weighted by molar-refractivity contribution is 0.0698. The average Bonchev–Trinajstić information content (AvgIpc) is 2.68. The molecule has 0 unspecified atom stereocenters. The molecule has 1 aromatic carbocycles. The van der Waals surface area contributed by atoms with Crippen LogP contribution in [0.5, 0.6) is 0 Å². The Morgan fingerprint density at radius 1 is 1.50 bits per heavy atom. The Morgan fingerprint density at radius 3 is 2.78 bits per heavy atom. The third-order valence-corrected chi connectivity index (χ3v) is 2.60. The van der Waals surface area contributed by atoms with Crippen molar-refractivity contribution in [2.45, 2.75) is 6.92 Å². The second-order valence-electron chi connectivity index (χ2n) is 4.06.